The molecule has 0 spiro atoms. The van der Waals surface area contributed by atoms with Gasteiger partial charge in [0.2, 0.25) is 17.8 Å². The highest BCUT2D eigenvalue weighted by Crippen LogP contribution is 2.22. The first-order chi connectivity index (χ1) is 15.2. The third kappa shape index (κ3) is 5.91. The molecule has 4 rings (SSSR count). The first kappa shape index (κ1) is 20.6. The molecule has 0 bridgehead atoms. The van der Waals surface area contributed by atoms with Gasteiger partial charge in [-0.3, -0.25) is 0 Å². The van der Waals surface area contributed by atoms with Crippen LogP contribution in [0.15, 0.2) is 84.0 Å². The van der Waals surface area contributed by atoms with Crippen LogP contribution in [-0.4, -0.2) is 21.2 Å². The minimum Gasteiger partial charge on any atom is -0.324 e. The monoisotopic (exact) mass is 449 g/mol. The summed E-state index contributed by atoms with van der Waals surface area (Å²) < 4.78 is 0. The molecule has 4 aromatic rings. The van der Waals surface area contributed by atoms with Gasteiger partial charge in [-0.05, 0) is 42.0 Å². The fourth-order valence-corrected chi connectivity index (χ4v) is 2.90. The molecule has 0 aliphatic carbocycles. The van der Waals surface area contributed by atoms with E-state index in [-0.39, 0.29) is 5.95 Å². The Kier molecular flexibility index (Phi) is 6.56. The molecular formula is C22H17Cl2N7. The molecule has 7 nitrogen and oxygen atoms in total. The lowest BCUT2D eigenvalue weighted by Crippen LogP contribution is -2.07. The molecule has 1 heterocycles. The fraction of sp³-hybridized carbons (Fsp3) is 0. The molecule has 0 saturated carbocycles. The maximum atomic E-state index is 6.04. The van der Waals surface area contributed by atoms with Crippen molar-refractivity contribution < 1.29 is 0 Å². The van der Waals surface area contributed by atoms with Crippen LogP contribution in [0.1, 0.15) is 5.56 Å². The smallest absolute Gasteiger partial charge is 0.250 e. The summed E-state index contributed by atoms with van der Waals surface area (Å²) in [5.41, 5.74) is 5.31. The molecule has 0 fully saturated rings. The Bertz CT molecular complexity index is 1130. The number of nitrogens with zero attached hydrogens (tertiary/aromatic N) is 4. The third-order valence-corrected chi connectivity index (χ3v) is 4.76. The Morgan fingerprint density at radius 1 is 0.645 bits per heavy atom. The number of benzene rings is 3. The van der Waals surface area contributed by atoms with Gasteiger partial charge in [0, 0.05) is 11.4 Å². The molecule has 0 radical (unpaired) electrons. The van der Waals surface area contributed by atoms with Crippen LogP contribution in [0.4, 0.5) is 29.2 Å². The molecule has 154 valence electrons. The Morgan fingerprint density at radius 3 is 1.74 bits per heavy atom. The van der Waals surface area contributed by atoms with Crippen molar-refractivity contribution in [2.75, 3.05) is 16.1 Å². The number of hydrogen-bond acceptors (Lipinski definition) is 7. The minimum atomic E-state index is 0.267. The van der Waals surface area contributed by atoms with Crippen molar-refractivity contribution >= 4 is 58.6 Å². The van der Waals surface area contributed by atoms with Crippen LogP contribution in [0.3, 0.4) is 0 Å². The Morgan fingerprint density at radius 2 is 1.19 bits per heavy atom. The van der Waals surface area contributed by atoms with E-state index in [9.17, 15) is 0 Å². The van der Waals surface area contributed by atoms with Crippen molar-refractivity contribution in [1.82, 2.24) is 15.0 Å². The van der Waals surface area contributed by atoms with Crippen LogP contribution < -0.4 is 16.1 Å². The van der Waals surface area contributed by atoms with E-state index in [1.54, 1.807) is 24.4 Å². The molecule has 0 saturated heterocycles. The minimum absolute atomic E-state index is 0.267. The summed E-state index contributed by atoms with van der Waals surface area (Å²) in [7, 11) is 0. The van der Waals surface area contributed by atoms with Crippen molar-refractivity contribution in [3.05, 3.63) is 94.5 Å². The normalized spacial score (nSPS) is 10.8. The zero-order valence-electron chi connectivity index (χ0n) is 16.1. The average molecular weight is 450 g/mol. The van der Waals surface area contributed by atoms with Gasteiger partial charge in [-0.15, -0.1) is 0 Å². The van der Waals surface area contributed by atoms with Gasteiger partial charge >= 0.3 is 0 Å². The van der Waals surface area contributed by atoms with E-state index in [2.05, 4.69) is 36.1 Å². The summed E-state index contributed by atoms with van der Waals surface area (Å²) in [6.07, 6.45) is 1.60. The van der Waals surface area contributed by atoms with Gasteiger partial charge in [0.1, 0.15) is 0 Å². The van der Waals surface area contributed by atoms with Crippen molar-refractivity contribution in [2.45, 2.75) is 0 Å². The Hall–Kier alpha value is -3.68. The maximum Gasteiger partial charge on any atom is 0.250 e. The van der Waals surface area contributed by atoms with Crippen molar-refractivity contribution in [2.24, 2.45) is 5.10 Å². The predicted octanol–water partition coefficient (Wildman–Crippen LogP) is 6.11. The summed E-state index contributed by atoms with van der Waals surface area (Å²) in [6, 6.07) is 24.5. The van der Waals surface area contributed by atoms with Crippen LogP contribution in [0.2, 0.25) is 10.0 Å². The van der Waals surface area contributed by atoms with E-state index in [1.165, 1.54) is 0 Å². The Balaban J connectivity index is 1.57. The third-order valence-electron chi connectivity index (χ3n) is 4.02. The fourth-order valence-electron chi connectivity index (χ4n) is 2.60. The number of rotatable bonds is 7. The molecule has 0 unspecified atom stereocenters. The number of aromatic nitrogens is 3. The highest BCUT2D eigenvalue weighted by molar-refractivity contribution is 6.42. The molecule has 0 aliphatic rings. The molecule has 3 N–H and O–H groups in total. The van der Waals surface area contributed by atoms with Crippen molar-refractivity contribution in [1.29, 1.82) is 0 Å². The van der Waals surface area contributed by atoms with E-state index in [4.69, 9.17) is 23.2 Å². The average Bonchev–Trinajstić information content (AvgIpc) is 2.77. The second-order valence-corrected chi connectivity index (χ2v) is 7.15. The lowest BCUT2D eigenvalue weighted by molar-refractivity contribution is 1.04. The molecule has 9 heteroatoms. The summed E-state index contributed by atoms with van der Waals surface area (Å²) in [6.45, 7) is 0. The van der Waals surface area contributed by atoms with Gasteiger partial charge in [0.25, 0.3) is 0 Å². The van der Waals surface area contributed by atoms with E-state index in [0.29, 0.717) is 21.9 Å². The highest BCUT2D eigenvalue weighted by Gasteiger charge is 2.07. The predicted molar refractivity (Wildman–Crippen MR) is 127 cm³/mol. The SMILES string of the molecule is Clc1ccc(/C=N/Nc2nc(Nc3ccccc3)nc(Nc3ccccc3)n2)cc1Cl. The lowest BCUT2D eigenvalue weighted by Gasteiger charge is -2.10. The Labute approximate surface area is 189 Å². The summed E-state index contributed by atoms with van der Waals surface area (Å²) in [5, 5.41) is 11.5. The van der Waals surface area contributed by atoms with Crippen LogP contribution in [0.5, 0.6) is 0 Å². The molecule has 31 heavy (non-hydrogen) atoms. The molecular weight excluding hydrogens is 433 g/mol. The summed E-state index contributed by atoms with van der Waals surface area (Å²) in [5.74, 6) is 1.00. The number of hydrazone groups is 1. The van der Waals surface area contributed by atoms with Crippen LogP contribution in [-0.2, 0) is 0 Å². The van der Waals surface area contributed by atoms with Crippen molar-refractivity contribution in [3.63, 3.8) is 0 Å². The molecule has 0 amide bonds. The van der Waals surface area contributed by atoms with E-state index in [1.807, 2.05) is 60.7 Å². The second kappa shape index (κ2) is 9.88. The van der Waals surface area contributed by atoms with E-state index >= 15 is 0 Å². The first-order valence-electron chi connectivity index (χ1n) is 9.30. The number of para-hydroxylation sites is 2. The van der Waals surface area contributed by atoms with Gasteiger partial charge in [-0.25, -0.2) is 5.43 Å². The zero-order chi connectivity index (χ0) is 21.5. The number of halogens is 2. The quantitative estimate of drug-likeness (QED) is 0.233. The lowest BCUT2D eigenvalue weighted by atomic mass is 10.2. The largest absolute Gasteiger partial charge is 0.324 e. The number of nitrogens with one attached hydrogen (secondary N) is 3. The topological polar surface area (TPSA) is 87.1 Å². The maximum absolute atomic E-state index is 6.04. The van der Waals surface area contributed by atoms with Gasteiger partial charge in [0.15, 0.2) is 0 Å². The number of hydrogen-bond donors (Lipinski definition) is 3. The zero-order valence-corrected chi connectivity index (χ0v) is 17.6. The van der Waals surface area contributed by atoms with Gasteiger partial charge in [-0.1, -0.05) is 65.7 Å². The van der Waals surface area contributed by atoms with Crippen LogP contribution >= 0.6 is 23.2 Å². The van der Waals surface area contributed by atoms with Gasteiger partial charge in [-0.2, -0.15) is 20.1 Å². The van der Waals surface area contributed by atoms with E-state index in [0.717, 1.165) is 16.9 Å². The number of anilines is 5. The van der Waals surface area contributed by atoms with E-state index < -0.39 is 0 Å². The second-order valence-electron chi connectivity index (χ2n) is 6.33. The molecule has 1 aromatic heterocycles. The van der Waals surface area contributed by atoms with Gasteiger partial charge in [0.05, 0.1) is 16.3 Å². The molecule has 0 atom stereocenters. The summed E-state index contributed by atoms with van der Waals surface area (Å²) >= 11 is 12.0. The van der Waals surface area contributed by atoms with Crippen LogP contribution in [0, 0.1) is 0 Å². The first-order valence-corrected chi connectivity index (χ1v) is 10.1. The molecule has 0 aliphatic heterocycles. The van der Waals surface area contributed by atoms with Crippen molar-refractivity contribution in [3.8, 4) is 0 Å². The van der Waals surface area contributed by atoms with Gasteiger partial charge < -0.3 is 10.6 Å². The van der Waals surface area contributed by atoms with Crippen LogP contribution in [0.25, 0.3) is 0 Å². The standard InChI is InChI=1S/C22H17Cl2N7/c23-18-12-11-15(13-19(18)24)14-25-31-22-29-20(26-16-7-3-1-4-8-16)28-21(30-22)27-17-9-5-2-6-10-17/h1-14H,(H3,26,27,28,29,30,31)/b25-14+. The molecule has 3 aromatic carbocycles. The summed E-state index contributed by atoms with van der Waals surface area (Å²) in [4.78, 5) is 13.2. The highest BCUT2D eigenvalue weighted by atomic mass is 35.5.